The number of Topliss-reactive ketones (excluding diaryl/α,β-unsaturated/α-hetero) is 1. The second-order valence-electron chi connectivity index (χ2n) is 5.23. The number of nitrogens with one attached hydrogen (secondary N) is 1. The molecule has 0 heterocycles. The van der Waals surface area contributed by atoms with Crippen LogP contribution in [0.15, 0.2) is 57.7 Å². The summed E-state index contributed by atoms with van der Waals surface area (Å²) in [7, 11) is -1.66. The Hall–Kier alpha value is -2.74. The normalized spacial score (nSPS) is 15.0. The van der Waals surface area contributed by atoms with Gasteiger partial charge < -0.3 is 10.1 Å². The van der Waals surface area contributed by atoms with Gasteiger partial charge in [0.1, 0.15) is 11.3 Å². The minimum Gasteiger partial charge on any atom is -0.465 e. The van der Waals surface area contributed by atoms with E-state index < -0.39 is 38.5 Å². The van der Waals surface area contributed by atoms with Crippen LogP contribution in [0.4, 0.5) is 5.69 Å². The van der Waals surface area contributed by atoms with Crippen LogP contribution >= 0.6 is 0 Å². The Labute approximate surface area is 139 Å². The lowest BCUT2D eigenvalue weighted by atomic mass is 9.97. The second-order valence-corrected chi connectivity index (χ2v) is 7.78. The number of rotatable bonds is 4. The lowest BCUT2D eigenvalue weighted by molar-refractivity contribution is -0.138. The maximum Gasteiger partial charge on any atom is 0.344 e. The van der Waals surface area contributed by atoms with Gasteiger partial charge in [-0.25, -0.2) is 9.00 Å². The van der Waals surface area contributed by atoms with Crippen molar-refractivity contribution < 1.29 is 23.3 Å². The summed E-state index contributed by atoms with van der Waals surface area (Å²) in [5.74, 6) is -2.44. The highest BCUT2D eigenvalue weighted by Gasteiger charge is 2.34. The van der Waals surface area contributed by atoms with Crippen LogP contribution in [0, 0.1) is 0 Å². The third kappa shape index (κ3) is 3.96. The minimum atomic E-state index is -2.74. The van der Waals surface area contributed by atoms with Gasteiger partial charge in [-0.1, -0.05) is 18.2 Å². The molecule has 1 aliphatic carbocycles. The molecule has 0 unspecified atom stereocenters. The number of hydrogen-bond donors (Lipinski definition) is 1. The molecule has 0 atom stereocenters. The highest BCUT2D eigenvalue weighted by Crippen LogP contribution is 2.24. The summed E-state index contributed by atoms with van der Waals surface area (Å²) < 4.78 is 20.2. The van der Waals surface area contributed by atoms with E-state index in [0.29, 0.717) is 5.69 Å². The highest BCUT2D eigenvalue weighted by atomic mass is 32.2. The lowest BCUT2D eigenvalue weighted by Gasteiger charge is -2.17. The zero-order valence-electron chi connectivity index (χ0n) is 13.4. The quantitative estimate of drug-likeness (QED) is 0.500. The molecule has 1 aliphatic rings. The van der Waals surface area contributed by atoms with Crippen molar-refractivity contribution in [2.24, 2.45) is 4.36 Å². The number of para-hydroxylation sites is 1. The summed E-state index contributed by atoms with van der Waals surface area (Å²) in [4.78, 5) is 36.8. The van der Waals surface area contributed by atoms with Crippen molar-refractivity contribution >= 4 is 33.0 Å². The number of ether oxygens (including phenoxy) is 1. The number of methoxy groups -OCH3 is 1. The van der Waals surface area contributed by atoms with Gasteiger partial charge in [0.15, 0.2) is 0 Å². The van der Waals surface area contributed by atoms with E-state index in [0.717, 1.165) is 13.2 Å². The van der Waals surface area contributed by atoms with E-state index in [1.165, 1.54) is 12.5 Å². The van der Waals surface area contributed by atoms with Crippen molar-refractivity contribution in [2.45, 2.75) is 0 Å². The molecule has 0 saturated carbocycles. The molecule has 2 rings (SSSR count). The van der Waals surface area contributed by atoms with Crippen LogP contribution in [-0.2, 0) is 28.8 Å². The van der Waals surface area contributed by atoms with E-state index in [1.54, 1.807) is 30.3 Å². The standard InChI is InChI=1S/C16H16N2O5S/c1-23-16(21)13-14(18-24(2,3)22)12(19)9-11(15(13)20)17-10-7-5-4-6-8-10/h4-9,17H,1-3H3. The highest BCUT2D eigenvalue weighted by molar-refractivity contribution is 7.92. The monoisotopic (exact) mass is 348 g/mol. The van der Waals surface area contributed by atoms with E-state index in [-0.39, 0.29) is 5.70 Å². The van der Waals surface area contributed by atoms with Crippen LogP contribution in [0.25, 0.3) is 0 Å². The molecule has 0 amide bonds. The van der Waals surface area contributed by atoms with E-state index >= 15 is 0 Å². The Morgan fingerprint density at radius 1 is 1.17 bits per heavy atom. The summed E-state index contributed by atoms with van der Waals surface area (Å²) in [6.45, 7) is 0. The van der Waals surface area contributed by atoms with Gasteiger partial charge in [-0.15, -0.1) is 0 Å². The maximum absolute atomic E-state index is 12.6. The van der Waals surface area contributed by atoms with Gasteiger partial charge in [0.25, 0.3) is 0 Å². The van der Waals surface area contributed by atoms with Crippen molar-refractivity contribution in [3.8, 4) is 0 Å². The lowest BCUT2D eigenvalue weighted by Crippen LogP contribution is -2.28. The molecule has 0 radical (unpaired) electrons. The van der Waals surface area contributed by atoms with Crippen LogP contribution in [-0.4, -0.2) is 41.4 Å². The average molecular weight is 348 g/mol. The minimum absolute atomic E-state index is 0.0794. The molecular weight excluding hydrogens is 332 g/mol. The molecule has 126 valence electrons. The van der Waals surface area contributed by atoms with Crippen LogP contribution < -0.4 is 5.32 Å². The van der Waals surface area contributed by atoms with E-state index in [4.69, 9.17) is 0 Å². The Kier molecular flexibility index (Phi) is 4.99. The van der Waals surface area contributed by atoms with Crippen molar-refractivity contribution in [2.75, 3.05) is 24.9 Å². The van der Waals surface area contributed by atoms with Gasteiger partial charge in [0.2, 0.25) is 11.6 Å². The number of benzene rings is 1. The van der Waals surface area contributed by atoms with Crippen molar-refractivity contribution in [3.05, 3.63) is 53.4 Å². The van der Waals surface area contributed by atoms with E-state index in [1.807, 2.05) is 0 Å². The summed E-state index contributed by atoms with van der Waals surface area (Å²) in [5.41, 5.74) is -0.478. The Morgan fingerprint density at radius 2 is 1.79 bits per heavy atom. The Balaban J connectivity index is 2.52. The Bertz CT molecular complexity index is 882. The third-order valence-corrected chi connectivity index (χ3v) is 3.59. The van der Waals surface area contributed by atoms with Gasteiger partial charge in [-0.3, -0.25) is 9.59 Å². The molecule has 8 heteroatoms. The molecule has 24 heavy (non-hydrogen) atoms. The van der Waals surface area contributed by atoms with Crippen molar-refractivity contribution in [1.29, 1.82) is 0 Å². The first kappa shape index (κ1) is 17.6. The molecule has 0 bridgehead atoms. The number of esters is 1. The fourth-order valence-corrected chi connectivity index (χ4v) is 2.62. The van der Waals surface area contributed by atoms with Gasteiger partial charge in [0, 0.05) is 34.0 Å². The summed E-state index contributed by atoms with van der Waals surface area (Å²) >= 11 is 0. The van der Waals surface area contributed by atoms with Crippen LogP contribution in [0.5, 0.6) is 0 Å². The number of nitrogens with zero attached hydrogens (tertiary/aromatic N) is 1. The maximum atomic E-state index is 12.6. The van der Waals surface area contributed by atoms with Gasteiger partial charge >= 0.3 is 5.97 Å². The smallest absolute Gasteiger partial charge is 0.344 e. The third-order valence-electron chi connectivity index (χ3n) is 2.97. The topological polar surface area (TPSA) is 102 Å². The number of anilines is 1. The molecule has 0 fully saturated rings. The number of carbonyl (C=O) groups excluding carboxylic acids is 3. The zero-order valence-corrected chi connectivity index (χ0v) is 14.2. The zero-order chi connectivity index (χ0) is 17.9. The first-order chi connectivity index (χ1) is 11.2. The average Bonchev–Trinajstić information content (AvgIpc) is 2.51. The number of allylic oxidation sites excluding steroid dienone is 2. The molecule has 0 spiro atoms. The van der Waals surface area contributed by atoms with E-state index in [2.05, 4.69) is 14.4 Å². The first-order valence-electron chi connectivity index (χ1n) is 6.85. The molecule has 0 aliphatic heterocycles. The van der Waals surface area contributed by atoms with Crippen molar-refractivity contribution in [3.63, 3.8) is 0 Å². The largest absolute Gasteiger partial charge is 0.465 e. The molecule has 1 aromatic carbocycles. The van der Waals surface area contributed by atoms with Crippen LogP contribution in [0.3, 0.4) is 0 Å². The second kappa shape index (κ2) is 6.79. The SMILES string of the molecule is COC(=O)C1=C(N=S(C)(C)=O)C(=O)C=C(Nc2ccccc2)C1=O. The predicted molar refractivity (Wildman–Crippen MR) is 89.6 cm³/mol. The van der Waals surface area contributed by atoms with Crippen LogP contribution in [0.2, 0.25) is 0 Å². The Morgan fingerprint density at radius 3 is 2.33 bits per heavy atom. The molecule has 0 saturated heterocycles. The summed E-state index contributed by atoms with van der Waals surface area (Å²) in [5, 5.41) is 2.79. The summed E-state index contributed by atoms with van der Waals surface area (Å²) in [6.07, 6.45) is 3.63. The van der Waals surface area contributed by atoms with Gasteiger partial charge in [0.05, 0.1) is 12.8 Å². The van der Waals surface area contributed by atoms with Gasteiger partial charge in [-0.2, -0.15) is 4.36 Å². The molecule has 0 aromatic heterocycles. The predicted octanol–water partition coefficient (Wildman–Crippen LogP) is 1.29. The number of hydrogen-bond acceptors (Lipinski definition) is 7. The van der Waals surface area contributed by atoms with Crippen LogP contribution in [0.1, 0.15) is 0 Å². The fraction of sp³-hybridized carbons (Fsp3) is 0.188. The first-order valence-corrected chi connectivity index (χ1v) is 9.18. The summed E-state index contributed by atoms with van der Waals surface area (Å²) in [6, 6.07) is 8.69. The van der Waals surface area contributed by atoms with E-state index in [9.17, 15) is 18.6 Å². The molecule has 1 aromatic rings. The fourth-order valence-electron chi connectivity index (χ4n) is 2.00. The molecule has 7 nitrogen and oxygen atoms in total. The van der Waals surface area contributed by atoms with Gasteiger partial charge in [-0.05, 0) is 12.1 Å². The number of ketones is 2. The molecule has 1 N–H and O–H groups in total. The molecular formula is C16H16N2O5S. The number of carbonyl (C=O) groups is 3. The van der Waals surface area contributed by atoms with Crippen molar-refractivity contribution in [1.82, 2.24) is 0 Å².